The molecule has 0 bridgehead atoms. The molecule has 0 saturated carbocycles. The molecule has 6 nitrogen and oxygen atoms in total. The lowest BCUT2D eigenvalue weighted by atomic mass is 10.0. The summed E-state index contributed by atoms with van der Waals surface area (Å²) in [6.45, 7) is 6.19. The van der Waals surface area contributed by atoms with Gasteiger partial charge < -0.3 is 15.4 Å². The Morgan fingerprint density at radius 2 is 1.90 bits per heavy atom. The first-order chi connectivity index (χ1) is 15.1. The van der Waals surface area contributed by atoms with Crippen LogP contribution in [0.2, 0.25) is 0 Å². The van der Waals surface area contributed by atoms with Crippen molar-refractivity contribution in [1.29, 1.82) is 5.26 Å². The molecule has 0 spiro atoms. The fourth-order valence-electron chi connectivity index (χ4n) is 3.48. The van der Waals surface area contributed by atoms with E-state index in [0.29, 0.717) is 37.8 Å². The van der Waals surface area contributed by atoms with Crippen LogP contribution in [0.3, 0.4) is 0 Å². The van der Waals surface area contributed by atoms with E-state index in [2.05, 4.69) is 20.5 Å². The minimum Gasteiger partial charge on any atom is -0.379 e. The van der Waals surface area contributed by atoms with Gasteiger partial charge in [0, 0.05) is 31.7 Å². The molecule has 1 aliphatic rings. The zero-order valence-electron chi connectivity index (χ0n) is 17.6. The Morgan fingerprint density at radius 3 is 2.55 bits per heavy atom. The fourth-order valence-corrected chi connectivity index (χ4v) is 3.48. The highest BCUT2D eigenvalue weighted by Gasteiger charge is 2.23. The monoisotopic (exact) mass is 427 g/mol. The van der Waals surface area contributed by atoms with Gasteiger partial charge in [-0.05, 0) is 36.8 Å². The minimum absolute atomic E-state index is 0.0139. The van der Waals surface area contributed by atoms with Gasteiger partial charge in [0.2, 0.25) is 0 Å². The summed E-state index contributed by atoms with van der Waals surface area (Å²) in [5.41, 5.74) is 1.70. The Bertz CT molecular complexity index is 921. The number of hydrogen-bond donors (Lipinski definition) is 2. The summed E-state index contributed by atoms with van der Waals surface area (Å²) < 4.78 is 33.1. The molecule has 8 heteroatoms. The molecule has 0 aliphatic carbocycles. The number of aliphatic imine (C=N–C) groups is 1. The zero-order valence-corrected chi connectivity index (χ0v) is 17.6. The maximum absolute atomic E-state index is 14.2. The molecular formula is C23H27F2N5O. The highest BCUT2D eigenvalue weighted by atomic mass is 19.1. The van der Waals surface area contributed by atoms with Gasteiger partial charge in [-0.3, -0.25) is 4.90 Å². The lowest BCUT2D eigenvalue weighted by Crippen LogP contribution is -2.46. The Kier molecular flexibility index (Phi) is 8.33. The number of guanidine groups is 1. The maximum Gasteiger partial charge on any atom is 0.191 e. The number of nitrogens with one attached hydrogen (secondary N) is 2. The number of morpholine rings is 1. The molecule has 164 valence electrons. The molecule has 1 heterocycles. The smallest absolute Gasteiger partial charge is 0.191 e. The average Bonchev–Trinajstić information content (AvgIpc) is 2.80. The summed E-state index contributed by atoms with van der Waals surface area (Å²) in [5.74, 6) is -0.153. The number of halogens is 2. The summed E-state index contributed by atoms with van der Waals surface area (Å²) in [6.07, 6.45) is 0. The van der Waals surface area contributed by atoms with Crippen molar-refractivity contribution < 1.29 is 13.5 Å². The molecule has 2 aromatic carbocycles. The van der Waals surface area contributed by atoms with Crippen LogP contribution in [0.25, 0.3) is 0 Å². The first-order valence-corrected chi connectivity index (χ1v) is 10.4. The molecule has 2 aromatic rings. The van der Waals surface area contributed by atoms with Crippen LogP contribution >= 0.6 is 0 Å². The van der Waals surface area contributed by atoms with Crippen LogP contribution in [-0.4, -0.2) is 50.3 Å². The average molecular weight is 427 g/mol. The number of rotatable bonds is 7. The molecule has 31 heavy (non-hydrogen) atoms. The van der Waals surface area contributed by atoms with Crippen LogP contribution in [0.15, 0.2) is 47.5 Å². The molecule has 0 amide bonds. The fraction of sp³-hybridized carbons (Fsp3) is 0.391. The molecule has 0 radical (unpaired) electrons. The van der Waals surface area contributed by atoms with Gasteiger partial charge in [0.05, 0.1) is 37.4 Å². The van der Waals surface area contributed by atoms with Crippen molar-refractivity contribution in [1.82, 2.24) is 15.5 Å². The quantitative estimate of drug-likeness (QED) is 0.525. The topological polar surface area (TPSA) is 72.7 Å². The van der Waals surface area contributed by atoms with E-state index in [4.69, 9.17) is 10.00 Å². The van der Waals surface area contributed by atoms with Gasteiger partial charge in [-0.2, -0.15) is 5.26 Å². The van der Waals surface area contributed by atoms with Crippen molar-refractivity contribution in [2.24, 2.45) is 4.99 Å². The molecule has 1 aliphatic heterocycles. The second-order valence-electron chi connectivity index (χ2n) is 7.21. The van der Waals surface area contributed by atoms with Crippen molar-refractivity contribution in [2.45, 2.75) is 19.5 Å². The van der Waals surface area contributed by atoms with E-state index in [9.17, 15) is 8.78 Å². The Labute approximate surface area is 181 Å². The van der Waals surface area contributed by atoms with Gasteiger partial charge in [-0.15, -0.1) is 0 Å². The van der Waals surface area contributed by atoms with Crippen LogP contribution in [-0.2, 0) is 11.3 Å². The van der Waals surface area contributed by atoms with Gasteiger partial charge in [-0.25, -0.2) is 13.8 Å². The van der Waals surface area contributed by atoms with Crippen LogP contribution in [0.5, 0.6) is 0 Å². The first kappa shape index (κ1) is 22.7. The predicted octanol–water partition coefficient (Wildman–Crippen LogP) is 2.97. The summed E-state index contributed by atoms with van der Waals surface area (Å²) >= 11 is 0. The van der Waals surface area contributed by atoms with Crippen molar-refractivity contribution in [3.63, 3.8) is 0 Å². The van der Waals surface area contributed by atoms with Gasteiger partial charge >= 0.3 is 0 Å². The number of nitrogens with zero attached hydrogens (tertiary/aromatic N) is 3. The largest absolute Gasteiger partial charge is 0.379 e. The highest BCUT2D eigenvalue weighted by Crippen LogP contribution is 2.21. The van der Waals surface area contributed by atoms with E-state index in [0.717, 1.165) is 18.7 Å². The molecular weight excluding hydrogens is 400 g/mol. The van der Waals surface area contributed by atoms with Crippen LogP contribution in [0.1, 0.15) is 29.7 Å². The van der Waals surface area contributed by atoms with Crippen LogP contribution in [0.4, 0.5) is 8.78 Å². The third-order valence-corrected chi connectivity index (χ3v) is 5.14. The van der Waals surface area contributed by atoms with Crippen molar-refractivity contribution >= 4 is 5.96 Å². The number of benzene rings is 2. The minimum atomic E-state index is -0.448. The first-order valence-electron chi connectivity index (χ1n) is 10.4. The van der Waals surface area contributed by atoms with Gasteiger partial charge in [-0.1, -0.05) is 18.2 Å². The maximum atomic E-state index is 14.2. The van der Waals surface area contributed by atoms with Gasteiger partial charge in [0.1, 0.15) is 11.6 Å². The molecule has 1 atom stereocenters. The van der Waals surface area contributed by atoms with Crippen molar-refractivity contribution in [3.8, 4) is 6.07 Å². The molecule has 0 aromatic heterocycles. The number of nitriles is 1. The summed E-state index contributed by atoms with van der Waals surface area (Å²) in [5, 5.41) is 15.4. The normalized spacial score (nSPS) is 15.9. The molecule has 1 unspecified atom stereocenters. The standard InChI is InChI=1S/C23H27F2N5O/c1-2-27-23(28-15-19-4-3-17(14-26)13-21(19)25)29-16-22(30-9-11-31-12-10-30)18-5-7-20(24)8-6-18/h3-8,13,22H,2,9-12,15-16H2,1H3,(H2,27,28,29). The Hall–Kier alpha value is -3.02. The zero-order chi connectivity index (χ0) is 22.1. The second kappa shape index (κ2) is 11.4. The predicted molar refractivity (Wildman–Crippen MR) is 115 cm³/mol. The lowest BCUT2D eigenvalue weighted by molar-refractivity contribution is 0.0170. The van der Waals surface area contributed by atoms with E-state index < -0.39 is 5.82 Å². The Morgan fingerprint density at radius 1 is 1.16 bits per heavy atom. The third kappa shape index (κ3) is 6.48. The van der Waals surface area contributed by atoms with Gasteiger partial charge in [0.15, 0.2) is 5.96 Å². The molecule has 1 fully saturated rings. The van der Waals surface area contributed by atoms with E-state index in [-0.39, 0.29) is 24.0 Å². The van der Waals surface area contributed by atoms with E-state index in [1.54, 1.807) is 24.3 Å². The molecule has 1 saturated heterocycles. The summed E-state index contributed by atoms with van der Waals surface area (Å²) in [4.78, 5) is 6.79. The van der Waals surface area contributed by atoms with Crippen molar-refractivity contribution in [2.75, 3.05) is 39.4 Å². The molecule has 3 rings (SSSR count). The van der Waals surface area contributed by atoms with Crippen LogP contribution in [0, 0.1) is 23.0 Å². The van der Waals surface area contributed by atoms with Gasteiger partial charge in [0.25, 0.3) is 0 Å². The third-order valence-electron chi connectivity index (χ3n) is 5.14. The summed E-state index contributed by atoms with van der Waals surface area (Å²) in [6, 6.07) is 12.8. The van der Waals surface area contributed by atoms with E-state index in [1.165, 1.54) is 18.2 Å². The summed E-state index contributed by atoms with van der Waals surface area (Å²) in [7, 11) is 0. The molecule has 2 N–H and O–H groups in total. The lowest BCUT2D eigenvalue weighted by Gasteiger charge is -2.35. The Balaban J connectivity index is 1.72. The van der Waals surface area contributed by atoms with Crippen LogP contribution < -0.4 is 10.6 Å². The number of hydrogen-bond acceptors (Lipinski definition) is 4. The van der Waals surface area contributed by atoms with Crippen molar-refractivity contribution in [3.05, 3.63) is 70.8 Å². The highest BCUT2D eigenvalue weighted by molar-refractivity contribution is 5.79. The second-order valence-corrected chi connectivity index (χ2v) is 7.21. The number of ether oxygens (including phenoxy) is 1. The van der Waals surface area contributed by atoms with E-state index in [1.807, 2.05) is 13.0 Å². The SMILES string of the molecule is CCNC(=NCc1ccc(C#N)cc1F)NCC(c1ccc(F)cc1)N1CCOCC1. The van der Waals surface area contributed by atoms with E-state index >= 15 is 0 Å².